The third kappa shape index (κ3) is 4.08. The van der Waals surface area contributed by atoms with Gasteiger partial charge in [-0.3, -0.25) is 0 Å². The first-order valence-electron chi connectivity index (χ1n) is 6.68. The van der Waals surface area contributed by atoms with Crippen LogP contribution in [-0.2, 0) is 6.61 Å². The van der Waals surface area contributed by atoms with E-state index in [4.69, 9.17) is 9.84 Å². The molecule has 2 nitrogen and oxygen atoms in total. The molecule has 0 aliphatic heterocycles. The van der Waals surface area contributed by atoms with Gasteiger partial charge < -0.3 is 9.84 Å². The van der Waals surface area contributed by atoms with Gasteiger partial charge >= 0.3 is 0 Å². The van der Waals surface area contributed by atoms with Gasteiger partial charge in [0.15, 0.2) is 11.6 Å². The zero-order chi connectivity index (χ0) is 15.2. The number of aliphatic hydroxyl groups excluding tert-OH is 1. The Morgan fingerprint density at radius 3 is 2.62 bits per heavy atom. The van der Waals surface area contributed by atoms with E-state index in [1.54, 1.807) is 12.1 Å². The zero-order valence-corrected chi connectivity index (χ0v) is 12.1. The third-order valence-corrected chi connectivity index (χ3v) is 3.21. The lowest BCUT2D eigenvalue weighted by atomic mass is 10.1. The van der Waals surface area contributed by atoms with E-state index in [1.165, 1.54) is 17.2 Å². The molecular weight excluding hydrogens is 267 g/mol. The summed E-state index contributed by atoms with van der Waals surface area (Å²) in [6, 6.07) is 10.4. The van der Waals surface area contributed by atoms with Gasteiger partial charge in [-0.15, -0.1) is 0 Å². The van der Waals surface area contributed by atoms with Gasteiger partial charge in [0.2, 0.25) is 0 Å². The number of rotatable bonds is 3. The molecule has 2 aromatic carbocycles. The highest BCUT2D eigenvalue weighted by molar-refractivity contribution is 5.41. The van der Waals surface area contributed by atoms with Crippen molar-refractivity contribution in [2.75, 3.05) is 6.61 Å². The second-order valence-electron chi connectivity index (χ2n) is 4.81. The predicted molar refractivity (Wildman–Crippen MR) is 80.6 cm³/mol. The quantitative estimate of drug-likeness (QED) is 0.876. The molecule has 2 aromatic rings. The predicted octanol–water partition coefficient (Wildman–Crippen LogP) is 3.37. The first-order valence-corrected chi connectivity index (χ1v) is 6.68. The molecule has 0 saturated heterocycles. The maximum absolute atomic E-state index is 13.7. The number of hydrogen-bond donors (Lipinski definition) is 1. The molecule has 0 bridgehead atoms. The average Bonchev–Trinajstić information content (AvgIpc) is 2.48. The van der Waals surface area contributed by atoms with Crippen molar-refractivity contribution in [3.05, 3.63) is 64.5 Å². The number of aryl methyl sites for hydroxylation is 2. The molecule has 0 amide bonds. The Labute approximate surface area is 124 Å². The van der Waals surface area contributed by atoms with Gasteiger partial charge in [0.05, 0.1) is 0 Å². The molecule has 0 saturated carbocycles. The van der Waals surface area contributed by atoms with Crippen LogP contribution in [0.2, 0.25) is 0 Å². The molecule has 0 radical (unpaired) electrons. The lowest BCUT2D eigenvalue weighted by Crippen LogP contribution is -1.99. The SMILES string of the molecule is Cc1ccc(COc2cc(C#CCO)ccc2F)cc1C. The molecule has 0 atom stereocenters. The molecule has 3 heteroatoms. The van der Waals surface area contributed by atoms with Crippen molar-refractivity contribution in [1.82, 2.24) is 0 Å². The number of aliphatic hydroxyl groups is 1. The highest BCUT2D eigenvalue weighted by Crippen LogP contribution is 2.20. The van der Waals surface area contributed by atoms with Crippen LogP contribution < -0.4 is 4.74 Å². The van der Waals surface area contributed by atoms with Crippen molar-refractivity contribution in [2.45, 2.75) is 20.5 Å². The third-order valence-electron chi connectivity index (χ3n) is 3.21. The van der Waals surface area contributed by atoms with Gasteiger partial charge in [0, 0.05) is 5.56 Å². The standard InChI is InChI=1S/C18H17FO2/c1-13-5-6-16(10-14(13)2)12-21-18-11-15(4-3-9-20)7-8-17(18)19/h5-8,10-11,20H,9,12H2,1-2H3. The summed E-state index contributed by atoms with van der Waals surface area (Å²) in [4.78, 5) is 0. The zero-order valence-electron chi connectivity index (χ0n) is 12.1. The smallest absolute Gasteiger partial charge is 0.165 e. The van der Waals surface area contributed by atoms with E-state index in [2.05, 4.69) is 11.8 Å². The largest absolute Gasteiger partial charge is 0.486 e. The summed E-state index contributed by atoms with van der Waals surface area (Å²) in [6.45, 7) is 4.15. The minimum Gasteiger partial charge on any atom is -0.486 e. The minimum atomic E-state index is -0.423. The van der Waals surface area contributed by atoms with Crippen LogP contribution in [0.25, 0.3) is 0 Å². The summed E-state index contributed by atoms with van der Waals surface area (Å²) in [5, 5.41) is 8.67. The van der Waals surface area contributed by atoms with E-state index in [0.29, 0.717) is 12.2 Å². The summed E-state index contributed by atoms with van der Waals surface area (Å²) in [7, 11) is 0. The molecule has 0 fully saturated rings. The van der Waals surface area contributed by atoms with Crippen LogP contribution in [0, 0.1) is 31.5 Å². The van der Waals surface area contributed by atoms with E-state index in [0.717, 1.165) is 5.56 Å². The van der Waals surface area contributed by atoms with Crippen LogP contribution in [-0.4, -0.2) is 11.7 Å². The molecule has 0 heterocycles. The van der Waals surface area contributed by atoms with Gasteiger partial charge in [-0.2, -0.15) is 0 Å². The summed E-state index contributed by atoms with van der Waals surface area (Å²) in [5.74, 6) is 5.00. The highest BCUT2D eigenvalue weighted by atomic mass is 19.1. The number of ether oxygens (including phenoxy) is 1. The number of benzene rings is 2. The van der Waals surface area contributed by atoms with Crippen molar-refractivity contribution < 1.29 is 14.2 Å². The Morgan fingerprint density at radius 2 is 1.90 bits per heavy atom. The summed E-state index contributed by atoms with van der Waals surface area (Å²) >= 11 is 0. The molecule has 0 aromatic heterocycles. The Morgan fingerprint density at radius 1 is 1.10 bits per heavy atom. The summed E-state index contributed by atoms with van der Waals surface area (Å²) in [5.41, 5.74) is 4.00. The molecule has 0 unspecified atom stereocenters. The maximum Gasteiger partial charge on any atom is 0.165 e. The van der Waals surface area contributed by atoms with Gasteiger partial charge in [0.1, 0.15) is 13.2 Å². The lowest BCUT2D eigenvalue weighted by molar-refractivity contribution is 0.290. The van der Waals surface area contributed by atoms with Crippen molar-refractivity contribution in [1.29, 1.82) is 0 Å². The van der Waals surface area contributed by atoms with E-state index in [-0.39, 0.29) is 12.4 Å². The fourth-order valence-corrected chi connectivity index (χ4v) is 1.89. The molecule has 0 aliphatic rings. The number of hydrogen-bond acceptors (Lipinski definition) is 2. The van der Waals surface area contributed by atoms with Crippen LogP contribution in [0.3, 0.4) is 0 Å². The first kappa shape index (κ1) is 15.1. The second kappa shape index (κ2) is 6.92. The monoisotopic (exact) mass is 284 g/mol. The summed E-state index contributed by atoms with van der Waals surface area (Å²) < 4.78 is 19.2. The van der Waals surface area contributed by atoms with E-state index < -0.39 is 5.82 Å². The van der Waals surface area contributed by atoms with Crippen molar-refractivity contribution >= 4 is 0 Å². The fourth-order valence-electron chi connectivity index (χ4n) is 1.89. The molecule has 1 N–H and O–H groups in total. The highest BCUT2D eigenvalue weighted by Gasteiger charge is 2.05. The van der Waals surface area contributed by atoms with Crippen LogP contribution >= 0.6 is 0 Å². The van der Waals surface area contributed by atoms with Crippen molar-refractivity contribution in [3.63, 3.8) is 0 Å². The van der Waals surface area contributed by atoms with Crippen molar-refractivity contribution in [3.8, 4) is 17.6 Å². The van der Waals surface area contributed by atoms with Gasteiger partial charge in [0.25, 0.3) is 0 Å². The van der Waals surface area contributed by atoms with E-state index in [1.807, 2.05) is 32.0 Å². The van der Waals surface area contributed by atoms with E-state index >= 15 is 0 Å². The Hall–Kier alpha value is -2.31. The molecule has 21 heavy (non-hydrogen) atoms. The molecule has 2 rings (SSSR count). The van der Waals surface area contributed by atoms with Gasteiger partial charge in [-0.25, -0.2) is 4.39 Å². The molecule has 0 aliphatic carbocycles. The normalized spacial score (nSPS) is 9.90. The molecule has 0 spiro atoms. The average molecular weight is 284 g/mol. The van der Waals surface area contributed by atoms with Crippen LogP contribution in [0.1, 0.15) is 22.3 Å². The number of halogens is 1. The lowest BCUT2D eigenvalue weighted by Gasteiger charge is -2.09. The minimum absolute atomic E-state index is 0.165. The summed E-state index contributed by atoms with van der Waals surface area (Å²) in [6.07, 6.45) is 0. The van der Waals surface area contributed by atoms with Gasteiger partial charge in [-0.1, -0.05) is 30.0 Å². The molecular formula is C18H17FO2. The van der Waals surface area contributed by atoms with Crippen LogP contribution in [0.4, 0.5) is 4.39 Å². The topological polar surface area (TPSA) is 29.5 Å². The first-order chi connectivity index (χ1) is 10.1. The van der Waals surface area contributed by atoms with E-state index in [9.17, 15) is 4.39 Å². The van der Waals surface area contributed by atoms with Crippen LogP contribution in [0.5, 0.6) is 5.75 Å². The Kier molecular flexibility index (Phi) is 4.97. The van der Waals surface area contributed by atoms with Gasteiger partial charge in [-0.05, 0) is 48.7 Å². The van der Waals surface area contributed by atoms with Crippen LogP contribution in [0.15, 0.2) is 36.4 Å². The molecule has 108 valence electrons. The Balaban J connectivity index is 2.13. The fraction of sp³-hybridized carbons (Fsp3) is 0.222. The van der Waals surface area contributed by atoms with Crippen molar-refractivity contribution in [2.24, 2.45) is 0 Å². The Bertz CT molecular complexity index is 696. The second-order valence-corrected chi connectivity index (χ2v) is 4.81. The maximum atomic E-state index is 13.7.